The Labute approximate surface area is 137 Å². The Balaban J connectivity index is 1.73. The van der Waals surface area contributed by atoms with Crippen molar-refractivity contribution in [2.45, 2.75) is 20.3 Å². The lowest BCUT2D eigenvalue weighted by molar-refractivity contribution is 0.102. The molecule has 1 aliphatic heterocycles. The average Bonchev–Trinajstić information content (AvgIpc) is 2.98. The summed E-state index contributed by atoms with van der Waals surface area (Å²) in [5.74, 6) is 0.675. The van der Waals surface area contributed by atoms with E-state index >= 15 is 0 Å². The van der Waals surface area contributed by atoms with Crippen molar-refractivity contribution in [1.82, 2.24) is 0 Å². The fourth-order valence-corrected chi connectivity index (χ4v) is 2.92. The van der Waals surface area contributed by atoms with Crippen LogP contribution in [0.4, 0.5) is 11.4 Å². The second-order valence-electron chi connectivity index (χ2n) is 5.58. The largest absolute Gasteiger partial charge is 0.494 e. The number of hydrogen-bond acceptors (Lipinski definition) is 3. The molecular weight excluding hydrogens is 288 g/mol. The van der Waals surface area contributed by atoms with Gasteiger partial charge in [0.25, 0.3) is 5.91 Å². The first kappa shape index (κ1) is 15.4. The normalized spacial score (nSPS) is 12.9. The van der Waals surface area contributed by atoms with E-state index in [1.165, 1.54) is 11.3 Å². The van der Waals surface area contributed by atoms with Crippen LogP contribution in [0, 0.1) is 0 Å². The van der Waals surface area contributed by atoms with Crippen LogP contribution in [0.25, 0.3) is 0 Å². The number of hydrogen-bond donors (Lipinski definition) is 1. The molecule has 1 N–H and O–H groups in total. The van der Waals surface area contributed by atoms with Crippen molar-refractivity contribution in [3.8, 4) is 5.75 Å². The van der Waals surface area contributed by atoms with Crippen LogP contribution in [0.3, 0.4) is 0 Å². The van der Waals surface area contributed by atoms with Crippen molar-refractivity contribution in [2.75, 3.05) is 29.9 Å². The van der Waals surface area contributed by atoms with Gasteiger partial charge in [-0.15, -0.1) is 0 Å². The van der Waals surface area contributed by atoms with E-state index in [0.29, 0.717) is 12.2 Å². The molecule has 0 atom stereocenters. The first-order chi connectivity index (χ1) is 11.2. The first-order valence-corrected chi connectivity index (χ1v) is 8.13. The predicted molar refractivity (Wildman–Crippen MR) is 93.6 cm³/mol. The Kier molecular flexibility index (Phi) is 4.51. The maximum Gasteiger partial charge on any atom is 0.255 e. The molecule has 3 rings (SSSR count). The zero-order valence-corrected chi connectivity index (χ0v) is 13.6. The maximum absolute atomic E-state index is 12.4. The summed E-state index contributed by atoms with van der Waals surface area (Å²) < 4.78 is 5.40. The predicted octanol–water partition coefficient (Wildman–Crippen LogP) is 3.72. The Morgan fingerprint density at radius 1 is 1.17 bits per heavy atom. The minimum absolute atomic E-state index is 0.103. The standard InChI is InChI=1S/C19H22N2O2/c1-3-21-12-11-14-5-8-16(13-18(14)21)20-19(22)15-6-9-17(10-7-15)23-4-2/h5-10,13H,3-4,11-12H2,1-2H3,(H,20,22). The zero-order chi connectivity index (χ0) is 16.2. The Morgan fingerprint density at radius 3 is 2.65 bits per heavy atom. The first-order valence-electron chi connectivity index (χ1n) is 8.13. The summed E-state index contributed by atoms with van der Waals surface area (Å²) in [6.45, 7) is 6.76. The van der Waals surface area contributed by atoms with Crippen LogP contribution in [0.5, 0.6) is 5.75 Å². The van der Waals surface area contributed by atoms with E-state index in [9.17, 15) is 4.79 Å². The van der Waals surface area contributed by atoms with Gasteiger partial charge < -0.3 is 15.0 Å². The molecule has 1 aliphatic rings. The molecule has 0 spiro atoms. The van der Waals surface area contributed by atoms with E-state index in [1.54, 1.807) is 12.1 Å². The zero-order valence-electron chi connectivity index (χ0n) is 13.6. The Hall–Kier alpha value is -2.49. The molecule has 0 aliphatic carbocycles. The summed E-state index contributed by atoms with van der Waals surface area (Å²) in [5, 5.41) is 2.98. The number of nitrogens with one attached hydrogen (secondary N) is 1. The van der Waals surface area contributed by atoms with Crippen molar-refractivity contribution in [3.63, 3.8) is 0 Å². The average molecular weight is 310 g/mol. The molecule has 1 amide bonds. The molecule has 120 valence electrons. The summed E-state index contributed by atoms with van der Waals surface area (Å²) in [6, 6.07) is 13.4. The van der Waals surface area contributed by atoms with Gasteiger partial charge in [-0.05, 0) is 62.2 Å². The van der Waals surface area contributed by atoms with Gasteiger partial charge in [-0.1, -0.05) is 6.07 Å². The molecule has 0 bridgehead atoms. The Morgan fingerprint density at radius 2 is 1.96 bits per heavy atom. The van der Waals surface area contributed by atoms with E-state index in [2.05, 4.69) is 29.3 Å². The molecule has 2 aromatic carbocycles. The minimum Gasteiger partial charge on any atom is -0.494 e. The van der Waals surface area contributed by atoms with Crippen LogP contribution in [-0.2, 0) is 6.42 Å². The number of nitrogens with zero attached hydrogens (tertiary/aromatic N) is 1. The molecule has 4 heteroatoms. The maximum atomic E-state index is 12.4. The van der Waals surface area contributed by atoms with E-state index < -0.39 is 0 Å². The molecule has 0 unspecified atom stereocenters. The van der Waals surface area contributed by atoms with Gasteiger partial charge in [0.2, 0.25) is 0 Å². The van der Waals surface area contributed by atoms with E-state index in [1.807, 2.05) is 25.1 Å². The summed E-state index contributed by atoms with van der Waals surface area (Å²) in [7, 11) is 0. The third-order valence-corrected chi connectivity index (χ3v) is 4.14. The highest BCUT2D eigenvalue weighted by Crippen LogP contribution is 2.30. The van der Waals surface area contributed by atoms with Gasteiger partial charge in [-0.2, -0.15) is 0 Å². The van der Waals surface area contributed by atoms with Crippen LogP contribution < -0.4 is 15.0 Å². The van der Waals surface area contributed by atoms with Crippen molar-refractivity contribution < 1.29 is 9.53 Å². The number of likely N-dealkylation sites (N-methyl/N-ethyl adjacent to an activating group) is 1. The fourth-order valence-electron chi connectivity index (χ4n) is 2.92. The second-order valence-corrected chi connectivity index (χ2v) is 5.58. The smallest absolute Gasteiger partial charge is 0.255 e. The van der Waals surface area contributed by atoms with Crippen molar-refractivity contribution in [3.05, 3.63) is 53.6 Å². The van der Waals surface area contributed by atoms with Gasteiger partial charge in [0, 0.05) is 30.0 Å². The number of carbonyl (C=O) groups excluding carboxylic acids is 1. The van der Waals surface area contributed by atoms with Gasteiger partial charge >= 0.3 is 0 Å². The van der Waals surface area contributed by atoms with Crippen LogP contribution in [0.15, 0.2) is 42.5 Å². The number of rotatable bonds is 5. The van der Waals surface area contributed by atoms with Gasteiger partial charge in [-0.25, -0.2) is 0 Å². The molecule has 0 saturated heterocycles. The minimum atomic E-state index is -0.103. The summed E-state index contributed by atoms with van der Waals surface area (Å²) in [6.07, 6.45) is 1.08. The van der Waals surface area contributed by atoms with E-state index in [4.69, 9.17) is 4.74 Å². The fraction of sp³-hybridized carbons (Fsp3) is 0.316. The molecule has 1 heterocycles. The molecule has 23 heavy (non-hydrogen) atoms. The van der Waals surface area contributed by atoms with Crippen LogP contribution in [-0.4, -0.2) is 25.6 Å². The highest BCUT2D eigenvalue weighted by Gasteiger charge is 2.18. The van der Waals surface area contributed by atoms with Crippen LogP contribution >= 0.6 is 0 Å². The monoisotopic (exact) mass is 310 g/mol. The lowest BCUT2D eigenvalue weighted by atomic mass is 10.1. The van der Waals surface area contributed by atoms with Gasteiger partial charge in [-0.3, -0.25) is 4.79 Å². The van der Waals surface area contributed by atoms with Gasteiger partial charge in [0.05, 0.1) is 6.61 Å². The lowest BCUT2D eigenvalue weighted by Crippen LogP contribution is -2.19. The molecule has 0 saturated carbocycles. The molecular formula is C19H22N2O2. The number of amides is 1. The number of anilines is 2. The number of fused-ring (bicyclic) bond motifs is 1. The number of carbonyl (C=O) groups is 1. The van der Waals surface area contributed by atoms with Gasteiger partial charge in [0.1, 0.15) is 5.75 Å². The summed E-state index contributed by atoms with van der Waals surface area (Å²) in [5.41, 5.74) is 4.05. The Bertz CT molecular complexity index is 695. The van der Waals surface area contributed by atoms with Gasteiger partial charge in [0.15, 0.2) is 0 Å². The highest BCUT2D eigenvalue weighted by molar-refractivity contribution is 6.04. The molecule has 0 radical (unpaired) electrons. The van der Waals surface area contributed by atoms with Crippen molar-refractivity contribution >= 4 is 17.3 Å². The summed E-state index contributed by atoms with van der Waals surface area (Å²) in [4.78, 5) is 14.7. The SMILES string of the molecule is CCOc1ccc(C(=O)Nc2ccc3c(c2)N(CC)CC3)cc1. The number of benzene rings is 2. The van der Waals surface area contributed by atoms with E-state index in [0.717, 1.165) is 30.9 Å². The molecule has 4 nitrogen and oxygen atoms in total. The van der Waals surface area contributed by atoms with Crippen molar-refractivity contribution in [2.24, 2.45) is 0 Å². The topological polar surface area (TPSA) is 41.6 Å². The quantitative estimate of drug-likeness (QED) is 0.915. The third-order valence-electron chi connectivity index (χ3n) is 4.14. The lowest BCUT2D eigenvalue weighted by Gasteiger charge is -2.17. The second kappa shape index (κ2) is 6.73. The molecule has 0 aromatic heterocycles. The highest BCUT2D eigenvalue weighted by atomic mass is 16.5. The molecule has 2 aromatic rings. The van der Waals surface area contributed by atoms with Crippen LogP contribution in [0.1, 0.15) is 29.8 Å². The van der Waals surface area contributed by atoms with E-state index in [-0.39, 0.29) is 5.91 Å². The third kappa shape index (κ3) is 3.31. The van der Waals surface area contributed by atoms with Crippen molar-refractivity contribution in [1.29, 1.82) is 0 Å². The molecule has 0 fully saturated rings. The van der Waals surface area contributed by atoms with Crippen LogP contribution in [0.2, 0.25) is 0 Å². The summed E-state index contributed by atoms with van der Waals surface area (Å²) >= 11 is 0. The number of ether oxygens (including phenoxy) is 1.